The standard InChI is InChI=1S/C11H12F2O2/c1-2-8-3-4-9(15-8)10(14)7-5-11(12,13)6-7/h3-4,7H,2,5-6H2,1H3. The van der Waals surface area contributed by atoms with Crippen LogP contribution in [-0.2, 0) is 6.42 Å². The summed E-state index contributed by atoms with van der Waals surface area (Å²) in [4.78, 5) is 11.6. The maximum absolute atomic E-state index is 12.6. The van der Waals surface area contributed by atoms with Crippen molar-refractivity contribution >= 4 is 5.78 Å². The van der Waals surface area contributed by atoms with Crippen molar-refractivity contribution in [1.29, 1.82) is 0 Å². The SMILES string of the molecule is CCc1ccc(C(=O)C2CC(F)(F)C2)o1. The number of furan rings is 1. The van der Waals surface area contributed by atoms with Crippen LogP contribution >= 0.6 is 0 Å². The molecular formula is C11H12F2O2. The maximum Gasteiger partial charge on any atom is 0.249 e. The van der Waals surface area contributed by atoms with E-state index < -0.39 is 11.8 Å². The molecule has 1 aromatic heterocycles. The van der Waals surface area contributed by atoms with Crippen LogP contribution in [0.25, 0.3) is 0 Å². The quantitative estimate of drug-likeness (QED) is 0.724. The monoisotopic (exact) mass is 214 g/mol. The van der Waals surface area contributed by atoms with Gasteiger partial charge in [-0.05, 0) is 12.1 Å². The number of hydrogen-bond acceptors (Lipinski definition) is 2. The summed E-state index contributed by atoms with van der Waals surface area (Å²) in [5.74, 6) is -2.58. The lowest BCUT2D eigenvalue weighted by Crippen LogP contribution is -2.39. The summed E-state index contributed by atoms with van der Waals surface area (Å²) in [5.41, 5.74) is 0. The molecule has 0 unspecified atom stereocenters. The molecule has 1 aliphatic carbocycles. The van der Waals surface area contributed by atoms with E-state index in [0.29, 0.717) is 12.2 Å². The molecule has 0 aliphatic heterocycles. The highest BCUT2D eigenvalue weighted by Crippen LogP contribution is 2.43. The fourth-order valence-electron chi connectivity index (χ4n) is 1.75. The van der Waals surface area contributed by atoms with E-state index in [4.69, 9.17) is 4.42 Å². The molecule has 1 fully saturated rings. The molecule has 15 heavy (non-hydrogen) atoms. The lowest BCUT2D eigenvalue weighted by atomic mass is 9.78. The molecular weight excluding hydrogens is 202 g/mol. The molecule has 0 amide bonds. The third-order valence-corrected chi connectivity index (χ3v) is 2.71. The zero-order chi connectivity index (χ0) is 11.1. The molecule has 1 aromatic rings. The molecule has 1 aliphatic rings. The van der Waals surface area contributed by atoms with Crippen LogP contribution in [0.15, 0.2) is 16.5 Å². The third kappa shape index (κ3) is 1.94. The summed E-state index contributed by atoms with van der Waals surface area (Å²) in [6.45, 7) is 1.91. The van der Waals surface area contributed by atoms with E-state index in [1.165, 1.54) is 0 Å². The molecule has 0 atom stereocenters. The number of Topliss-reactive ketones (excluding diaryl/α,β-unsaturated/α-hetero) is 1. The predicted octanol–water partition coefficient (Wildman–Crippen LogP) is 3.07. The third-order valence-electron chi connectivity index (χ3n) is 2.71. The second-order valence-corrected chi connectivity index (χ2v) is 3.94. The zero-order valence-corrected chi connectivity index (χ0v) is 8.43. The highest BCUT2D eigenvalue weighted by atomic mass is 19.3. The summed E-state index contributed by atoms with van der Waals surface area (Å²) in [6, 6.07) is 3.28. The van der Waals surface area contributed by atoms with Crippen molar-refractivity contribution in [3.63, 3.8) is 0 Å². The Hall–Kier alpha value is -1.19. The molecule has 1 saturated carbocycles. The number of rotatable bonds is 3. The molecule has 0 saturated heterocycles. The van der Waals surface area contributed by atoms with Gasteiger partial charge in [-0.25, -0.2) is 8.78 Å². The minimum absolute atomic E-state index is 0.215. The molecule has 0 aromatic carbocycles. The van der Waals surface area contributed by atoms with Crippen molar-refractivity contribution in [3.8, 4) is 0 Å². The number of carbonyl (C=O) groups is 1. The Kier molecular flexibility index (Phi) is 2.37. The van der Waals surface area contributed by atoms with Crippen LogP contribution in [0.2, 0.25) is 0 Å². The van der Waals surface area contributed by atoms with E-state index in [1.54, 1.807) is 12.1 Å². The maximum atomic E-state index is 12.6. The Morgan fingerprint density at radius 3 is 2.67 bits per heavy atom. The Morgan fingerprint density at radius 2 is 2.20 bits per heavy atom. The molecule has 4 heteroatoms. The first-order chi connectivity index (χ1) is 7.02. The van der Waals surface area contributed by atoms with Gasteiger partial charge in [0.1, 0.15) is 5.76 Å². The molecule has 82 valence electrons. The van der Waals surface area contributed by atoms with Gasteiger partial charge in [-0.1, -0.05) is 6.92 Å². The Balaban J connectivity index is 2.03. The van der Waals surface area contributed by atoms with Gasteiger partial charge < -0.3 is 4.42 Å². The van der Waals surface area contributed by atoms with Crippen LogP contribution in [0.5, 0.6) is 0 Å². The Labute approximate surface area is 86.3 Å². The smallest absolute Gasteiger partial charge is 0.249 e. The van der Waals surface area contributed by atoms with Gasteiger partial charge >= 0.3 is 0 Å². The van der Waals surface area contributed by atoms with Gasteiger partial charge in [-0.15, -0.1) is 0 Å². The number of halogens is 2. The van der Waals surface area contributed by atoms with E-state index >= 15 is 0 Å². The summed E-state index contributed by atoms with van der Waals surface area (Å²) in [7, 11) is 0. The summed E-state index contributed by atoms with van der Waals surface area (Å²) < 4.78 is 30.3. The molecule has 2 nitrogen and oxygen atoms in total. The van der Waals surface area contributed by atoms with Crippen LogP contribution < -0.4 is 0 Å². The van der Waals surface area contributed by atoms with E-state index in [2.05, 4.69) is 0 Å². The highest BCUT2D eigenvalue weighted by molar-refractivity contribution is 5.96. The first-order valence-electron chi connectivity index (χ1n) is 5.02. The zero-order valence-electron chi connectivity index (χ0n) is 8.43. The van der Waals surface area contributed by atoms with Gasteiger partial charge in [0.15, 0.2) is 5.76 Å². The fourth-order valence-corrected chi connectivity index (χ4v) is 1.75. The highest BCUT2D eigenvalue weighted by Gasteiger charge is 2.49. The molecule has 2 rings (SSSR count). The van der Waals surface area contributed by atoms with Gasteiger partial charge in [0.05, 0.1) is 0 Å². The second-order valence-electron chi connectivity index (χ2n) is 3.94. The van der Waals surface area contributed by atoms with Gasteiger partial charge in [-0.2, -0.15) is 0 Å². The summed E-state index contributed by atoms with van der Waals surface area (Å²) >= 11 is 0. The van der Waals surface area contributed by atoms with Gasteiger partial charge in [-0.3, -0.25) is 4.79 Å². The molecule has 1 heterocycles. The number of alkyl halides is 2. The van der Waals surface area contributed by atoms with E-state index in [0.717, 1.165) is 0 Å². The van der Waals surface area contributed by atoms with Crippen LogP contribution in [0, 0.1) is 5.92 Å². The van der Waals surface area contributed by atoms with Crippen LogP contribution in [0.4, 0.5) is 8.78 Å². The van der Waals surface area contributed by atoms with Crippen molar-refractivity contribution in [2.24, 2.45) is 5.92 Å². The summed E-state index contributed by atoms with van der Waals surface area (Å²) in [6.07, 6.45) is 0.0239. The van der Waals surface area contributed by atoms with Crippen LogP contribution in [-0.4, -0.2) is 11.7 Å². The molecule has 0 spiro atoms. The number of carbonyl (C=O) groups excluding carboxylic acids is 1. The normalized spacial score (nSPS) is 19.9. The fraction of sp³-hybridized carbons (Fsp3) is 0.545. The predicted molar refractivity (Wildman–Crippen MR) is 50.1 cm³/mol. The van der Waals surface area contributed by atoms with E-state index in [-0.39, 0.29) is 24.4 Å². The van der Waals surface area contributed by atoms with Gasteiger partial charge in [0, 0.05) is 25.2 Å². The van der Waals surface area contributed by atoms with E-state index in [9.17, 15) is 13.6 Å². The average molecular weight is 214 g/mol. The lowest BCUT2D eigenvalue weighted by Gasteiger charge is -2.33. The Morgan fingerprint density at radius 1 is 1.53 bits per heavy atom. The Bertz CT molecular complexity index is 374. The van der Waals surface area contributed by atoms with Crippen LogP contribution in [0.1, 0.15) is 36.1 Å². The second kappa shape index (κ2) is 3.43. The number of aryl methyl sites for hydroxylation is 1. The molecule has 0 N–H and O–H groups in total. The largest absolute Gasteiger partial charge is 0.458 e. The van der Waals surface area contributed by atoms with Crippen molar-refractivity contribution in [2.75, 3.05) is 0 Å². The van der Waals surface area contributed by atoms with Crippen molar-refractivity contribution in [2.45, 2.75) is 32.1 Å². The first kappa shape index (κ1) is 10.3. The molecule has 0 radical (unpaired) electrons. The summed E-state index contributed by atoms with van der Waals surface area (Å²) in [5, 5.41) is 0. The minimum atomic E-state index is -2.65. The minimum Gasteiger partial charge on any atom is -0.458 e. The number of hydrogen-bond donors (Lipinski definition) is 0. The molecule has 0 bridgehead atoms. The van der Waals surface area contributed by atoms with Crippen LogP contribution in [0.3, 0.4) is 0 Å². The average Bonchev–Trinajstić information content (AvgIpc) is 2.61. The number of ketones is 1. The first-order valence-corrected chi connectivity index (χ1v) is 5.02. The lowest BCUT2D eigenvalue weighted by molar-refractivity contribution is -0.0986. The van der Waals surface area contributed by atoms with Crippen molar-refractivity contribution < 1.29 is 18.0 Å². The van der Waals surface area contributed by atoms with Gasteiger partial charge in [0.25, 0.3) is 0 Å². The van der Waals surface area contributed by atoms with Gasteiger partial charge in [0.2, 0.25) is 11.7 Å². The van der Waals surface area contributed by atoms with E-state index in [1.807, 2.05) is 6.92 Å². The topological polar surface area (TPSA) is 30.2 Å². The van der Waals surface area contributed by atoms with Crippen molar-refractivity contribution in [3.05, 3.63) is 23.7 Å². The van der Waals surface area contributed by atoms with Crippen molar-refractivity contribution in [1.82, 2.24) is 0 Å².